The molecular weight excluding hydrogens is 365 g/mol. The van der Waals surface area contributed by atoms with Gasteiger partial charge in [-0.2, -0.15) is 0 Å². The number of furan rings is 1. The van der Waals surface area contributed by atoms with Crippen molar-refractivity contribution in [2.45, 2.75) is 19.1 Å². The molecule has 2 aromatic heterocycles. The molecule has 5 nitrogen and oxygen atoms in total. The third-order valence-corrected chi connectivity index (χ3v) is 6.34. The molecular formula is C20H19FN3O2S+. The summed E-state index contributed by atoms with van der Waals surface area (Å²) in [7, 11) is 2.18. The summed E-state index contributed by atoms with van der Waals surface area (Å²) in [4.78, 5) is 15.5. The molecule has 3 N–H and O–H groups in total. The van der Waals surface area contributed by atoms with Crippen molar-refractivity contribution in [3.05, 3.63) is 64.0 Å². The number of thiophene rings is 1. The number of carbonyl (C=O) groups excluding carboxylic acids is 1. The molecule has 5 rings (SSSR count). The average Bonchev–Trinajstić information content (AvgIpc) is 3.26. The molecule has 0 saturated carbocycles. The van der Waals surface area contributed by atoms with Crippen LogP contribution in [0.25, 0.3) is 11.3 Å². The molecule has 0 radical (unpaired) electrons. The molecule has 2 aliphatic heterocycles. The maximum atomic E-state index is 13.1. The molecule has 0 spiro atoms. The fourth-order valence-corrected chi connectivity index (χ4v) is 5.14. The summed E-state index contributed by atoms with van der Waals surface area (Å²) in [6.45, 7) is 2.01. The van der Waals surface area contributed by atoms with E-state index < -0.39 is 6.17 Å². The topological polar surface area (TPSA) is 58.7 Å². The zero-order valence-electron chi connectivity index (χ0n) is 14.8. The van der Waals surface area contributed by atoms with Crippen LogP contribution in [0.15, 0.2) is 40.8 Å². The number of nitrogens with one attached hydrogen (secondary N) is 3. The lowest BCUT2D eigenvalue weighted by molar-refractivity contribution is -0.895. The van der Waals surface area contributed by atoms with Crippen molar-refractivity contribution in [3.63, 3.8) is 0 Å². The second-order valence-electron chi connectivity index (χ2n) is 7.10. The van der Waals surface area contributed by atoms with E-state index in [1.165, 1.54) is 27.5 Å². The molecule has 0 bridgehead atoms. The number of halogens is 1. The van der Waals surface area contributed by atoms with Gasteiger partial charge in [0.15, 0.2) is 6.17 Å². The smallest absolute Gasteiger partial charge is 0.256 e. The van der Waals surface area contributed by atoms with E-state index in [-0.39, 0.29) is 11.7 Å². The van der Waals surface area contributed by atoms with Gasteiger partial charge in [0.05, 0.1) is 24.0 Å². The van der Waals surface area contributed by atoms with Gasteiger partial charge in [-0.25, -0.2) is 4.39 Å². The van der Waals surface area contributed by atoms with Crippen LogP contribution in [-0.4, -0.2) is 19.5 Å². The van der Waals surface area contributed by atoms with E-state index in [0.29, 0.717) is 11.5 Å². The normalized spacial score (nSPS) is 21.2. The fourth-order valence-electron chi connectivity index (χ4n) is 3.75. The van der Waals surface area contributed by atoms with Crippen molar-refractivity contribution in [1.29, 1.82) is 0 Å². The number of anilines is 1. The Hall–Kier alpha value is -2.64. The van der Waals surface area contributed by atoms with E-state index in [4.69, 9.17) is 4.42 Å². The van der Waals surface area contributed by atoms with Crippen LogP contribution in [0, 0.1) is 5.82 Å². The Balaban J connectivity index is 1.44. The number of carbonyl (C=O) groups is 1. The van der Waals surface area contributed by atoms with Crippen molar-refractivity contribution in [1.82, 2.24) is 5.32 Å². The number of hydrogen-bond acceptors (Lipinski definition) is 4. The van der Waals surface area contributed by atoms with Crippen LogP contribution in [0.4, 0.5) is 9.39 Å². The molecule has 7 heteroatoms. The Morgan fingerprint density at radius 3 is 2.81 bits per heavy atom. The average molecular weight is 384 g/mol. The van der Waals surface area contributed by atoms with Gasteiger partial charge in [0, 0.05) is 12.0 Å². The maximum Gasteiger partial charge on any atom is 0.256 e. The van der Waals surface area contributed by atoms with Crippen LogP contribution in [0.5, 0.6) is 0 Å². The van der Waals surface area contributed by atoms with Crippen molar-refractivity contribution in [3.8, 4) is 11.3 Å². The van der Waals surface area contributed by atoms with Crippen molar-refractivity contribution in [2.75, 3.05) is 18.9 Å². The van der Waals surface area contributed by atoms with E-state index in [0.717, 1.165) is 35.6 Å². The van der Waals surface area contributed by atoms with Gasteiger partial charge in [-0.1, -0.05) is 0 Å². The van der Waals surface area contributed by atoms with E-state index in [2.05, 4.69) is 17.7 Å². The number of hydrogen-bond donors (Lipinski definition) is 3. The third-order valence-electron chi connectivity index (χ3n) is 5.17. The second kappa shape index (κ2) is 6.21. The number of quaternary nitrogens is 1. The monoisotopic (exact) mass is 384 g/mol. The van der Waals surface area contributed by atoms with Gasteiger partial charge in [-0.15, -0.1) is 11.3 Å². The minimum absolute atomic E-state index is 0.0504. The summed E-state index contributed by atoms with van der Waals surface area (Å²) >= 11 is 1.67. The first-order chi connectivity index (χ1) is 13.1. The summed E-state index contributed by atoms with van der Waals surface area (Å²) in [6.07, 6.45) is 0.520. The molecule has 1 amide bonds. The van der Waals surface area contributed by atoms with E-state index in [9.17, 15) is 9.18 Å². The Morgan fingerprint density at radius 1 is 1.19 bits per heavy atom. The highest BCUT2D eigenvalue weighted by molar-refractivity contribution is 7.16. The largest absolute Gasteiger partial charge is 0.457 e. The molecule has 138 valence electrons. The Labute approximate surface area is 159 Å². The number of rotatable bonds is 2. The molecule has 4 heterocycles. The van der Waals surface area contributed by atoms with Crippen molar-refractivity contribution >= 4 is 22.2 Å². The lowest BCUT2D eigenvalue weighted by Gasteiger charge is -2.25. The minimum Gasteiger partial charge on any atom is -0.457 e. The molecule has 27 heavy (non-hydrogen) atoms. The molecule has 3 aromatic rings. The molecule has 2 atom stereocenters. The first-order valence-electron chi connectivity index (χ1n) is 8.97. The number of benzene rings is 1. The molecule has 0 saturated heterocycles. The highest BCUT2D eigenvalue weighted by Crippen LogP contribution is 2.39. The quantitative estimate of drug-likeness (QED) is 0.637. The van der Waals surface area contributed by atoms with Crippen LogP contribution < -0.4 is 15.5 Å². The SMILES string of the molecule is C[NH+]1CCc2c(sc3c2C(=O)N[C@@H](c2ccc(-c4ccc(F)cc4)o2)N3)C1. The highest BCUT2D eigenvalue weighted by Gasteiger charge is 2.34. The zero-order chi connectivity index (χ0) is 18.5. The number of amides is 1. The predicted octanol–water partition coefficient (Wildman–Crippen LogP) is 2.57. The van der Waals surface area contributed by atoms with Crippen LogP contribution in [0.2, 0.25) is 0 Å². The van der Waals surface area contributed by atoms with Gasteiger partial charge in [0.25, 0.3) is 5.91 Å². The maximum absolute atomic E-state index is 13.1. The fraction of sp³-hybridized carbons (Fsp3) is 0.250. The Bertz CT molecular complexity index is 1020. The number of likely N-dealkylation sites (N-methyl/N-ethyl adjacent to an activating group) is 1. The van der Waals surface area contributed by atoms with Crippen LogP contribution in [0.1, 0.15) is 32.7 Å². The second-order valence-corrected chi connectivity index (χ2v) is 8.21. The summed E-state index contributed by atoms with van der Waals surface area (Å²) in [6, 6.07) is 9.83. The van der Waals surface area contributed by atoms with Gasteiger partial charge >= 0.3 is 0 Å². The van der Waals surface area contributed by atoms with E-state index in [1.54, 1.807) is 23.5 Å². The van der Waals surface area contributed by atoms with Crippen LogP contribution >= 0.6 is 11.3 Å². The van der Waals surface area contributed by atoms with Gasteiger partial charge in [0.1, 0.15) is 28.9 Å². The molecule has 0 fully saturated rings. The van der Waals surface area contributed by atoms with Gasteiger partial charge in [-0.05, 0) is 42.0 Å². The lowest BCUT2D eigenvalue weighted by atomic mass is 10.0. The van der Waals surface area contributed by atoms with Crippen molar-refractivity contribution < 1.29 is 18.5 Å². The van der Waals surface area contributed by atoms with Crippen LogP contribution in [0.3, 0.4) is 0 Å². The van der Waals surface area contributed by atoms with Crippen LogP contribution in [-0.2, 0) is 13.0 Å². The predicted molar refractivity (Wildman–Crippen MR) is 101 cm³/mol. The van der Waals surface area contributed by atoms with Gasteiger partial charge in [-0.3, -0.25) is 4.79 Å². The lowest BCUT2D eigenvalue weighted by Crippen LogP contribution is -3.08. The van der Waals surface area contributed by atoms with E-state index >= 15 is 0 Å². The number of fused-ring (bicyclic) bond motifs is 3. The summed E-state index contributed by atoms with van der Waals surface area (Å²) in [5, 5.41) is 7.34. The van der Waals surface area contributed by atoms with Gasteiger partial charge < -0.3 is 20.0 Å². The zero-order valence-corrected chi connectivity index (χ0v) is 15.6. The third kappa shape index (κ3) is 2.83. The Kier molecular flexibility index (Phi) is 3.80. The highest BCUT2D eigenvalue weighted by atomic mass is 32.1. The first-order valence-corrected chi connectivity index (χ1v) is 9.79. The standard InChI is InChI=1S/C20H18FN3O2S/c1-24-9-8-13-16(10-24)27-20-17(13)19(25)22-18(23-20)15-7-6-14(26-15)11-2-4-12(21)5-3-11/h2-7,18,23H,8-10H2,1H3,(H,22,25)/p+1/t18-/m1/s1. The summed E-state index contributed by atoms with van der Waals surface area (Å²) in [5.41, 5.74) is 2.78. The van der Waals surface area contributed by atoms with Crippen molar-refractivity contribution in [2.24, 2.45) is 0 Å². The minimum atomic E-state index is -0.413. The molecule has 2 aliphatic rings. The molecule has 0 aliphatic carbocycles. The summed E-state index contributed by atoms with van der Waals surface area (Å²) in [5.74, 6) is 0.934. The molecule has 1 unspecified atom stereocenters. The van der Waals surface area contributed by atoms with E-state index in [1.807, 2.05) is 12.1 Å². The first kappa shape index (κ1) is 16.5. The Morgan fingerprint density at radius 2 is 2.00 bits per heavy atom. The molecule has 1 aromatic carbocycles. The van der Waals surface area contributed by atoms with Gasteiger partial charge in [0.2, 0.25) is 0 Å². The summed E-state index contributed by atoms with van der Waals surface area (Å²) < 4.78 is 19.0.